The van der Waals surface area contributed by atoms with Crippen LogP contribution in [0.5, 0.6) is 5.75 Å². The van der Waals surface area contributed by atoms with Crippen molar-refractivity contribution < 1.29 is 18.7 Å². The van der Waals surface area contributed by atoms with Crippen LogP contribution >= 0.6 is 0 Å². The van der Waals surface area contributed by atoms with Gasteiger partial charge in [0.2, 0.25) is 0 Å². The van der Waals surface area contributed by atoms with E-state index in [1.165, 1.54) is 11.0 Å². The third kappa shape index (κ3) is 1.59. The number of carbonyl (C=O) groups excluding carboxylic acids is 1. The molecule has 2 heterocycles. The predicted molar refractivity (Wildman–Crippen MR) is 61.5 cm³/mol. The van der Waals surface area contributed by atoms with Crippen molar-refractivity contribution in [3.8, 4) is 5.75 Å². The molecule has 3 rings (SSSR count). The Kier molecular flexibility index (Phi) is 2.56. The molecule has 1 fully saturated rings. The largest absolute Gasteiger partial charge is 0.497 e. The quantitative estimate of drug-likeness (QED) is 0.802. The lowest BCUT2D eigenvalue weighted by atomic mass is 10.1. The minimum Gasteiger partial charge on any atom is -0.497 e. The van der Waals surface area contributed by atoms with Crippen molar-refractivity contribution in [3.05, 3.63) is 41.7 Å². The summed E-state index contributed by atoms with van der Waals surface area (Å²) in [6, 6.07) is 6.92. The van der Waals surface area contributed by atoms with E-state index in [9.17, 15) is 9.18 Å². The fourth-order valence-corrected chi connectivity index (χ4v) is 2.30. The molecule has 0 unspecified atom stereocenters. The molecule has 2 aliphatic heterocycles. The summed E-state index contributed by atoms with van der Waals surface area (Å²) in [6.07, 6.45) is 0.796. The molecule has 0 aliphatic carbocycles. The maximum atomic E-state index is 13.2. The minimum atomic E-state index is -0.693. The first kappa shape index (κ1) is 11.2. The number of nitrogens with zero attached hydrogens (tertiary/aromatic N) is 1. The van der Waals surface area contributed by atoms with Crippen molar-refractivity contribution in [3.63, 3.8) is 0 Å². The van der Waals surface area contributed by atoms with Gasteiger partial charge in [-0.15, -0.1) is 0 Å². The molecule has 2 aliphatic rings. The molecule has 1 aromatic carbocycles. The zero-order chi connectivity index (χ0) is 12.7. The van der Waals surface area contributed by atoms with Gasteiger partial charge in [-0.25, -0.2) is 4.39 Å². The normalized spacial score (nSPS) is 26.2. The highest BCUT2D eigenvalue weighted by atomic mass is 19.1. The van der Waals surface area contributed by atoms with Gasteiger partial charge in [0.25, 0.3) is 5.91 Å². The van der Waals surface area contributed by atoms with Gasteiger partial charge in [0.1, 0.15) is 5.75 Å². The van der Waals surface area contributed by atoms with Gasteiger partial charge in [0.15, 0.2) is 12.1 Å². The number of halogens is 1. The molecule has 0 saturated carbocycles. The smallest absolute Gasteiger partial charge is 0.285 e. The van der Waals surface area contributed by atoms with E-state index in [1.54, 1.807) is 19.2 Å². The first-order valence-corrected chi connectivity index (χ1v) is 5.66. The summed E-state index contributed by atoms with van der Waals surface area (Å²) in [5.41, 5.74) is 0.815. The summed E-state index contributed by atoms with van der Waals surface area (Å²) in [7, 11) is 1.58. The van der Waals surface area contributed by atoms with E-state index in [-0.39, 0.29) is 6.04 Å². The van der Waals surface area contributed by atoms with Crippen LogP contribution in [0.2, 0.25) is 0 Å². The van der Waals surface area contributed by atoms with E-state index in [2.05, 4.69) is 0 Å². The van der Waals surface area contributed by atoms with Gasteiger partial charge in [0, 0.05) is 5.56 Å². The van der Waals surface area contributed by atoms with E-state index in [4.69, 9.17) is 9.47 Å². The molecular weight excluding hydrogens is 237 g/mol. The van der Waals surface area contributed by atoms with Crippen molar-refractivity contribution in [2.45, 2.75) is 12.3 Å². The lowest BCUT2D eigenvalue weighted by Gasteiger charge is -2.22. The van der Waals surface area contributed by atoms with E-state index in [1.807, 2.05) is 12.1 Å². The maximum Gasteiger partial charge on any atom is 0.285 e. The van der Waals surface area contributed by atoms with Crippen molar-refractivity contribution in [2.75, 3.05) is 13.7 Å². The number of amides is 1. The van der Waals surface area contributed by atoms with Gasteiger partial charge >= 0.3 is 0 Å². The SMILES string of the molecule is COc1ccc([C@H]2OC[C@@H]3C=C(F)C(=O)N23)cc1. The summed E-state index contributed by atoms with van der Waals surface area (Å²) in [5.74, 6) is -0.564. The molecule has 0 bridgehead atoms. The molecule has 0 radical (unpaired) electrons. The van der Waals surface area contributed by atoms with Gasteiger partial charge in [-0.2, -0.15) is 0 Å². The monoisotopic (exact) mass is 249 g/mol. The van der Waals surface area contributed by atoms with Crippen LogP contribution in [0.1, 0.15) is 11.8 Å². The van der Waals surface area contributed by atoms with E-state index < -0.39 is 18.0 Å². The second-order valence-corrected chi connectivity index (χ2v) is 4.25. The number of rotatable bonds is 2. The fourth-order valence-electron chi connectivity index (χ4n) is 2.30. The van der Waals surface area contributed by atoms with E-state index >= 15 is 0 Å². The Labute approximate surface area is 104 Å². The lowest BCUT2D eigenvalue weighted by molar-refractivity contribution is -0.133. The van der Waals surface area contributed by atoms with E-state index in [0.29, 0.717) is 6.61 Å². The average Bonchev–Trinajstić information content (AvgIpc) is 2.92. The summed E-state index contributed by atoms with van der Waals surface area (Å²) >= 11 is 0. The number of benzene rings is 1. The average molecular weight is 249 g/mol. The number of ether oxygens (including phenoxy) is 2. The Morgan fingerprint density at radius 2 is 2.11 bits per heavy atom. The Morgan fingerprint density at radius 3 is 2.78 bits per heavy atom. The first-order valence-electron chi connectivity index (χ1n) is 5.66. The van der Waals surface area contributed by atoms with Crippen LogP contribution in [0, 0.1) is 0 Å². The molecule has 1 saturated heterocycles. The van der Waals surface area contributed by atoms with Crippen molar-refractivity contribution in [1.29, 1.82) is 0 Å². The Morgan fingerprint density at radius 1 is 1.39 bits per heavy atom. The third-order valence-electron chi connectivity index (χ3n) is 3.21. The molecule has 1 aromatic rings. The van der Waals surface area contributed by atoms with Crippen LogP contribution in [0.15, 0.2) is 36.2 Å². The van der Waals surface area contributed by atoms with E-state index in [0.717, 1.165) is 11.3 Å². The highest BCUT2D eigenvalue weighted by molar-refractivity contribution is 5.94. The third-order valence-corrected chi connectivity index (χ3v) is 3.21. The molecule has 4 nitrogen and oxygen atoms in total. The van der Waals surface area contributed by atoms with Crippen LogP contribution < -0.4 is 4.74 Å². The number of hydrogen-bond donors (Lipinski definition) is 0. The molecule has 0 aromatic heterocycles. The van der Waals surface area contributed by atoms with Crippen LogP contribution in [-0.4, -0.2) is 30.6 Å². The second kappa shape index (κ2) is 4.10. The minimum absolute atomic E-state index is 0.287. The first-order chi connectivity index (χ1) is 8.70. The molecule has 0 spiro atoms. The zero-order valence-corrected chi connectivity index (χ0v) is 9.80. The Hall–Kier alpha value is -1.88. The summed E-state index contributed by atoms with van der Waals surface area (Å²) in [5, 5.41) is 0. The molecule has 1 amide bonds. The lowest BCUT2D eigenvalue weighted by Crippen LogP contribution is -2.32. The van der Waals surface area contributed by atoms with Gasteiger partial charge < -0.3 is 9.47 Å². The second-order valence-electron chi connectivity index (χ2n) is 4.25. The number of hydrogen-bond acceptors (Lipinski definition) is 3. The van der Waals surface area contributed by atoms with Crippen LogP contribution in [0.3, 0.4) is 0 Å². The van der Waals surface area contributed by atoms with Crippen LogP contribution in [-0.2, 0) is 9.53 Å². The number of methoxy groups -OCH3 is 1. The van der Waals surface area contributed by atoms with Gasteiger partial charge in [-0.05, 0) is 18.2 Å². The van der Waals surface area contributed by atoms with Crippen molar-refractivity contribution >= 4 is 5.91 Å². The molecule has 0 N–H and O–H groups in total. The van der Waals surface area contributed by atoms with Crippen LogP contribution in [0.25, 0.3) is 0 Å². The maximum absolute atomic E-state index is 13.2. The molecule has 94 valence electrons. The Balaban J connectivity index is 1.87. The highest BCUT2D eigenvalue weighted by Crippen LogP contribution is 2.37. The summed E-state index contributed by atoms with van der Waals surface area (Å²) < 4.78 is 23.9. The topological polar surface area (TPSA) is 38.8 Å². The number of carbonyl (C=O) groups is 1. The zero-order valence-electron chi connectivity index (χ0n) is 9.80. The molecule has 2 atom stereocenters. The standard InChI is InChI=1S/C13H12FNO3/c1-17-10-4-2-8(3-5-10)13-15-9(7-18-13)6-11(14)12(15)16/h2-6,9,13H,7H2,1H3/t9-,13+/m0/s1. The summed E-state index contributed by atoms with van der Waals surface area (Å²) in [4.78, 5) is 13.1. The van der Waals surface area contributed by atoms with Gasteiger partial charge in [-0.1, -0.05) is 12.1 Å². The Bertz CT molecular complexity index is 511. The molecule has 5 heteroatoms. The molecule has 18 heavy (non-hydrogen) atoms. The van der Waals surface area contributed by atoms with Crippen molar-refractivity contribution in [1.82, 2.24) is 4.90 Å². The fraction of sp³-hybridized carbons (Fsp3) is 0.308. The van der Waals surface area contributed by atoms with Gasteiger partial charge in [0.05, 0.1) is 19.8 Å². The number of fused-ring (bicyclic) bond motifs is 1. The van der Waals surface area contributed by atoms with Crippen LogP contribution in [0.4, 0.5) is 4.39 Å². The highest BCUT2D eigenvalue weighted by Gasteiger charge is 2.43. The molecular formula is C13H12FNO3. The van der Waals surface area contributed by atoms with Gasteiger partial charge in [-0.3, -0.25) is 9.69 Å². The summed E-state index contributed by atoms with van der Waals surface area (Å²) in [6.45, 7) is 0.329. The predicted octanol–water partition coefficient (Wildman–Crippen LogP) is 1.79. The van der Waals surface area contributed by atoms with Crippen molar-refractivity contribution in [2.24, 2.45) is 0 Å².